The number of carboxylic acid groups (broad SMARTS) is 1. The zero-order valence-electron chi connectivity index (χ0n) is 16.8. The van der Waals surface area contributed by atoms with E-state index < -0.39 is 11.4 Å². The van der Waals surface area contributed by atoms with Crippen molar-refractivity contribution in [3.63, 3.8) is 0 Å². The zero-order chi connectivity index (χ0) is 20.3. The number of likely N-dealkylation sites (N-methyl/N-ethyl adjacent to an activating group) is 1. The van der Waals surface area contributed by atoms with Crippen LogP contribution in [0.5, 0.6) is 5.75 Å². The second kappa shape index (κ2) is 8.02. The van der Waals surface area contributed by atoms with Gasteiger partial charge in [0.25, 0.3) is 0 Å². The minimum atomic E-state index is -0.928. The van der Waals surface area contributed by atoms with Gasteiger partial charge in [-0.25, -0.2) is 4.98 Å². The van der Waals surface area contributed by atoms with Gasteiger partial charge in [0.15, 0.2) is 0 Å². The molecule has 0 radical (unpaired) electrons. The molecule has 0 aliphatic carbocycles. The molecule has 0 bridgehead atoms. The Morgan fingerprint density at radius 3 is 2.57 bits per heavy atom. The van der Waals surface area contributed by atoms with E-state index in [0.29, 0.717) is 5.75 Å². The fourth-order valence-corrected chi connectivity index (χ4v) is 3.04. The van der Waals surface area contributed by atoms with Crippen LogP contribution >= 0.6 is 0 Å². The van der Waals surface area contributed by atoms with Crippen molar-refractivity contribution in [3.8, 4) is 5.75 Å². The molecular formula is C22H27N3O3. The van der Waals surface area contributed by atoms with Crippen LogP contribution in [0.15, 0.2) is 55.1 Å². The van der Waals surface area contributed by atoms with E-state index >= 15 is 0 Å². The van der Waals surface area contributed by atoms with Gasteiger partial charge in [-0.3, -0.25) is 4.79 Å². The highest BCUT2D eigenvalue weighted by atomic mass is 16.5. The summed E-state index contributed by atoms with van der Waals surface area (Å²) in [6.45, 7) is 4.30. The van der Waals surface area contributed by atoms with Crippen molar-refractivity contribution in [1.29, 1.82) is 0 Å². The molecule has 2 aromatic carbocycles. The van der Waals surface area contributed by atoms with Gasteiger partial charge in [-0.1, -0.05) is 18.2 Å². The van der Waals surface area contributed by atoms with Crippen molar-refractivity contribution in [1.82, 2.24) is 14.5 Å². The molecule has 0 saturated heterocycles. The summed E-state index contributed by atoms with van der Waals surface area (Å²) in [5, 5.41) is 11.4. The number of hydrogen-bond donors (Lipinski definition) is 1. The molecule has 0 saturated carbocycles. The number of hydrogen-bond acceptors (Lipinski definition) is 4. The summed E-state index contributed by atoms with van der Waals surface area (Å²) < 4.78 is 7.85. The summed E-state index contributed by atoms with van der Waals surface area (Å²) in [6.07, 6.45) is 5.63. The monoisotopic (exact) mass is 381 g/mol. The van der Waals surface area contributed by atoms with Crippen LogP contribution in [-0.2, 0) is 4.79 Å². The Kier molecular flexibility index (Phi) is 5.70. The van der Waals surface area contributed by atoms with Crippen molar-refractivity contribution < 1.29 is 14.6 Å². The number of ether oxygens (including phenoxy) is 1. The molecule has 148 valence electrons. The number of aromatic nitrogens is 2. The number of rotatable bonds is 8. The lowest BCUT2D eigenvalue weighted by Crippen LogP contribution is -2.30. The Bertz CT molecular complexity index is 949. The summed E-state index contributed by atoms with van der Waals surface area (Å²) in [7, 11) is 4.13. The van der Waals surface area contributed by atoms with Crippen LogP contribution in [0.3, 0.4) is 0 Å². The van der Waals surface area contributed by atoms with Gasteiger partial charge in [0.2, 0.25) is 0 Å². The van der Waals surface area contributed by atoms with Crippen molar-refractivity contribution in [2.45, 2.75) is 19.9 Å². The second-order valence-electron chi connectivity index (χ2n) is 8.03. The molecule has 28 heavy (non-hydrogen) atoms. The average molecular weight is 381 g/mol. The molecule has 1 aromatic heterocycles. The second-order valence-corrected chi connectivity index (χ2v) is 8.03. The lowest BCUT2D eigenvalue weighted by molar-refractivity contribution is -0.148. The first-order valence-corrected chi connectivity index (χ1v) is 9.28. The van der Waals surface area contributed by atoms with Crippen molar-refractivity contribution in [2.75, 3.05) is 27.2 Å². The summed E-state index contributed by atoms with van der Waals surface area (Å²) in [5.41, 5.74) is 0.281. The van der Waals surface area contributed by atoms with E-state index in [1.807, 2.05) is 30.7 Å². The first-order valence-electron chi connectivity index (χ1n) is 9.28. The Morgan fingerprint density at radius 2 is 1.93 bits per heavy atom. The fourth-order valence-electron chi connectivity index (χ4n) is 3.04. The van der Waals surface area contributed by atoms with E-state index in [0.717, 1.165) is 17.3 Å². The van der Waals surface area contributed by atoms with Crippen LogP contribution in [0.1, 0.15) is 25.5 Å². The standard InChI is InChI=1S/C22H27N3O3/c1-22(2,21(26)27)14-28-19-8-7-16-11-18(6-5-17(16)12-19)20(13-24(3)4)25-10-9-23-15-25/h5-12,15,20H,13-14H2,1-4H3,(H,26,27)/t20-/m0/s1. The van der Waals surface area contributed by atoms with E-state index in [1.54, 1.807) is 20.0 Å². The smallest absolute Gasteiger partial charge is 0.312 e. The van der Waals surface area contributed by atoms with Gasteiger partial charge in [0.05, 0.1) is 17.8 Å². The molecule has 0 unspecified atom stereocenters. The molecule has 0 spiro atoms. The van der Waals surface area contributed by atoms with Gasteiger partial charge in [0.1, 0.15) is 12.4 Å². The molecule has 0 aliphatic rings. The molecule has 1 N–H and O–H groups in total. The number of imidazole rings is 1. The third-order valence-electron chi connectivity index (χ3n) is 4.82. The predicted molar refractivity (Wildman–Crippen MR) is 110 cm³/mol. The number of aliphatic carboxylic acids is 1. The Morgan fingerprint density at radius 1 is 1.21 bits per heavy atom. The topological polar surface area (TPSA) is 67.6 Å². The maximum atomic E-state index is 11.2. The van der Waals surface area contributed by atoms with Crippen LogP contribution in [-0.4, -0.2) is 52.8 Å². The molecule has 6 heteroatoms. The van der Waals surface area contributed by atoms with Crippen LogP contribution in [0.2, 0.25) is 0 Å². The molecule has 0 aliphatic heterocycles. The van der Waals surface area contributed by atoms with Crippen molar-refractivity contribution in [2.24, 2.45) is 5.41 Å². The maximum Gasteiger partial charge on any atom is 0.312 e. The summed E-state index contributed by atoms with van der Waals surface area (Å²) in [6, 6.07) is 12.4. The van der Waals surface area contributed by atoms with Crippen LogP contribution < -0.4 is 4.74 Å². The Balaban J connectivity index is 1.85. The number of benzene rings is 2. The number of carbonyl (C=O) groups is 1. The fraction of sp³-hybridized carbons (Fsp3) is 0.364. The quantitative estimate of drug-likeness (QED) is 0.645. The molecule has 1 heterocycles. The normalized spacial score (nSPS) is 13.0. The van der Waals surface area contributed by atoms with Gasteiger partial charge in [-0.05, 0) is 62.5 Å². The lowest BCUT2D eigenvalue weighted by Gasteiger charge is -2.23. The van der Waals surface area contributed by atoms with Gasteiger partial charge in [0, 0.05) is 18.9 Å². The van der Waals surface area contributed by atoms with Crippen LogP contribution in [0.25, 0.3) is 10.8 Å². The SMILES string of the molecule is CN(C)C[C@@H](c1ccc2cc(OCC(C)(C)C(=O)O)ccc2c1)n1ccnc1. The maximum absolute atomic E-state index is 11.2. The van der Waals surface area contributed by atoms with E-state index in [9.17, 15) is 9.90 Å². The Hall–Kier alpha value is -2.86. The molecule has 1 atom stereocenters. The first kappa shape index (κ1) is 19.9. The minimum Gasteiger partial charge on any atom is -0.492 e. The lowest BCUT2D eigenvalue weighted by atomic mass is 9.95. The average Bonchev–Trinajstić information content (AvgIpc) is 3.18. The first-order chi connectivity index (χ1) is 13.3. The van der Waals surface area contributed by atoms with Gasteiger partial charge >= 0.3 is 5.97 Å². The minimum absolute atomic E-state index is 0.122. The molecule has 3 aromatic rings. The molecule has 3 rings (SSSR count). The van der Waals surface area contributed by atoms with Gasteiger partial charge in [-0.15, -0.1) is 0 Å². The van der Waals surface area contributed by atoms with Crippen LogP contribution in [0, 0.1) is 5.41 Å². The molecular weight excluding hydrogens is 354 g/mol. The third kappa shape index (κ3) is 4.51. The summed E-state index contributed by atoms with van der Waals surface area (Å²) >= 11 is 0. The summed E-state index contributed by atoms with van der Waals surface area (Å²) in [5.74, 6) is -0.196. The van der Waals surface area contributed by atoms with E-state index in [4.69, 9.17) is 4.74 Å². The largest absolute Gasteiger partial charge is 0.492 e. The number of nitrogens with zero attached hydrogens (tertiary/aromatic N) is 3. The van der Waals surface area contributed by atoms with Crippen molar-refractivity contribution in [3.05, 3.63) is 60.7 Å². The van der Waals surface area contributed by atoms with Crippen molar-refractivity contribution >= 4 is 16.7 Å². The van der Waals surface area contributed by atoms with E-state index in [1.165, 1.54) is 5.56 Å². The molecule has 6 nitrogen and oxygen atoms in total. The van der Waals surface area contributed by atoms with Gasteiger partial charge < -0.3 is 19.3 Å². The molecule has 0 amide bonds. The molecule has 0 fully saturated rings. The Labute approximate surface area is 165 Å². The highest BCUT2D eigenvalue weighted by Gasteiger charge is 2.28. The number of carboxylic acids is 1. The highest BCUT2D eigenvalue weighted by Crippen LogP contribution is 2.27. The predicted octanol–water partition coefficient (Wildman–Crippen LogP) is 3.68. The zero-order valence-corrected chi connectivity index (χ0v) is 16.8. The highest BCUT2D eigenvalue weighted by molar-refractivity contribution is 5.84. The van der Waals surface area contributed by atoms with Gasteiger partial charge in [-0.2, -0.15) is 0 Å². The third-order valence-corrected chi connectivity index (χ3v) is 4.82. The van der Waals surface area contributed by atoms with E-state index in [2.05, 4.69) is 46.7 Å². The summed E-state index contributed by atoms with van der Waals surface area (Å²) in [4.78, 5) is 17.6. The number of fused-ring (bicyclic) bond motifs is 1. The van der Waals surface area contributed by atoms with Crippen LogP contribution in [0.4, 0.5) is 0 Å². The van der Waals surface area contributed by atoms with E-state index in [-0.39, 0.29) is 12.6 Å².